The van der Waals surface area contributed by atoms with E-state index in [0.717, 1.165) is 0 Å². The smallest absolute Gasteiger partial charge is 0.408 e. The normalized spacial score (nSPS) is 14.7. The average Bonchev–Trinajstić information content (AvgIpc) is 2.21. The van der Waals surface area contributed by atoms with Crippen LogP contribution >= 0.6 is 0 Å². The summed E-state index contributed by atoms with van der Waals surface area (Å²) >= 11 is 0. The Labute approximate surface area is 102 Å². The molecule has 0 bridgehead atoms. The van der Waals surface area contributed by atoms with Gasteiger partial charge < -0.3 is 19.5 Å². The number of methoxy groups -OCH3 is 2. The Kier molecular flexibility index (Phi) is 5.95. The highest BCUT2D eigenvalue weighted by Gasteiger charge is 2.29. The number of hydrogen-bond acceptors (Lipinski definition) is 5. The zero-order chi connectivity index (χ0) is 13.6. The van der Waals surface area contributed by atoms with Crippen LogP contribution in [0.3, 0.4) is 0 Å². The van der Waals surface area contributed by atoms with Crippen LogP contribution in [-0.2, 0) is 19.0 Å². The van der Waals surface area contributed by atoms with Gasteiger partial charge in [0.1, 0.15) is 5.60 Å². The molecule has 1 N–H and O–H groups in total. The molecule has 0 aromatic heterocycles. The lowest BCUT2D eigenvalue weighted by molar-refractivity contribution is -0.146. The molecule has 0 saturated heterocycles. The van der Waals surface area contributed by atoms with Gasteiger partial charge in [0.25, 0.3) is 0 Å². The third-order valence-electron chi connectivity index (χ3n) is 1.97. The monoisotopic (exact) mass is 247 g/mol. The number of alkyl carbamates (subject to hydrolysis) is 1. The summed E-state index contributed by atoms with van der Waals surface area (Å²) in [7, 11) is 2.69. The van der Waals surface area contributed by atoms with E-state index in [-0.39, 0.29) is 0 Å². The van der Waals surface area contributed by atoms with Gasteiger partial charge in [0, 0.05) is 7.11 Å². The lowest BCUT2D eigenvalue weighted by Gasteiger charge is -2.25. The molecule has 0 heterocycles. The number of amides is 1. The second-order valence-electron chi connectivity index (χ2n) is 4.59. The van der Waals surface area contributed by atoms with E-state index in [2.05, 4.69) is 10.1 Å². The van der Waals surface area contributed by atoms with E-state index in [1.165, 1.54) is 14.2 Å². The molecule has 0 fully saturated rings. The second-order valence-corrected chi connectivity index (χ2v) is 4.59. The van der Waals surface area contributed by atoms with Gasteiger partial charge in [-0.15, -0.1) is 0 Å². The van der Waals surface area contributed by atoms with Crippen molar-refractivity contribution in [2.24, 2.45) is 0 Å². The second kappa shape index (κ2) is 6.44. The van der Waals surface area contributed by atoms with Gasteiger partial charge in [0.2, 0.25) is 0 Å². The molecule has 0 rings (SSSR count). The number of nitrogens with one attached hydrogen (secondary N) is 1. The SMILES string of the molecule is COC(=O)C(NC(=O)OC(C)(C)C)C(C)OC. The number of hydrogen-bond donors (Lipinski definition) is 1. The van der Waals surface area contributed by atoms with Crippen LogP contribution in [0.1, 0.15) is 27.7 Å². The van der Waals surface area contributed by atoms with Crippen LogP contribution in [0.2, 0.25) is 0 Å². The third kappa shape index (κ3) is 6.11. The Morgan fingerprint density at radius 1 is 1.18 bits per heavy atom. The van der Waals surface area contributed by atoms with Gasteiger partial charge in [-0.2, -0.15) is 0 Å². The van der Waals surface area contributed by atoms with Gasteiger partial charge in [0.05, 0.1) is 13.2 Å². The minimum absolute atomic E-state index is 0.505. The largest absolute Gasteiger partial charge is 0.467 e. The Morgan fingerprint density at radius 2 is 1.71 bits per heavy atom. The molecule has 0 aliphatic carbocycles. The highest BCUT2D eigenvalue weighted by Crippen LogP contribution is 2.08. The van der Waals surface area contributed by atoms with Crippen LogP contribution in [0.5, 0.6) is 0 Å². The Morgan fingerprint density at radius 3 is 2.06 bits per heavy atom. The molecule has 0 aromatic rings. The first kappa shape index (κ1) is 15.7. The highest BCUT2D eigenvalue weighted by molar-refractivity contribution is 5.81. The van der Waals surface area contributed by atoms with Crippen LogP contribution in [0.25, 0.3) is 0 Å². The Bertz CT molecular complexity index is 272. The van der Waals surface area contributed by atoms with E-state index in [4.69, 9.17) is 9.47 Å². The maximum absolute atomic E-state index is 11.5. The average molecular weight is 247 g/mol. The van der Waals surface area contributed by atoms with Crippen molar-refractivity contribution in [2.75, 3.05) is 14.2 Å². The predicted octanol–water partition coefficient (Wildman–Crippen LogP) is 1.09. The van der Waals surface area contributed by atoms with Crippen molar-refractivity contribution in [3.05, 3.63) is 0 Å². The first-order valence-electron chi connectivity index (χ1n) is 5.31. The molecule has 0 spiro atoms. The zero-order valence-electron chi connectivity index (χ0n) is 11.2. The fourth-order valence-electron chi connectivity index (χ4n) is 1.07. The summed E-state index contributed by atoms with van der Waals surface area (Å²) in [6, 6.07) is -0.889. The molecule has 100 valence electrons. The Hall–Kier alpha value is -1.30. The third-order valence-corrected chi connectivity index (χ3v) is 1.97. The topological polar surface area (TPSA) is 73.9 Å². The van der Waals surface area contributed by atoms with Gasteiger partial charge in [-0.05, 0) is 27.7 Å². The summed E-state index contributed by atoms with van der Waals surface area (Å²) in [5, 5.41) is 2.41. The maximum Gasteiger partial charge on any atom is 0.408 e. The highest BCUT2D eigenvalue weighted by atomic mass is 16.6. The predicted molar refractivity (Wildman–Crippen MR) is 61.6 cm³/mol. The van der Waals surface area contributed by atoms with Gasteiger partial charge in [-0.25, -0.2) is 9.59 Å². The zero-order valence-corrected chi connectivity index (χ0v) is 11.2. The van der Waals surface area contributed by atoms with Crippen molar-refractivity contribution in [1.82, 2.24) is 5.32 Å². The van der Waals surface area contributed by atoms with Gasteiger partial charge in [0.15, 0.2) is 6.04 Å². The molecule has 17 heavy (non-hydrogen) atoms. The number of ether oxygens (including phenoxy) is 3. The summed E-state index contributed by atoms with van der Waals surface area (Å²) in [6.45, 7) is 6.86. The summed E-state index contributed by atoms with van der Waals surface area (Å²) in [4.78, 5) is 23.0. The molecule has 2 atom stereocenters. The van der Waals surface area contributed by atoms with Crippen molar-refractivity contribution in [3.8, 4) is 0 Å². The fraction of sp³-hybridized carbons (Fsp3) is 0.818. The van der Waals surface area contributed by atoms with Crippen LogP contribution in [0, 0.1) is 0 Å². The van der Waals surface area contributed by atoms with Crippen LogP contribution in [0.4, 0.5) is 4.79 Å². The van der Waals surface area contributed by atoms with Gasteiger partial charge >= 0.3 is 12.1 Å². The van der Waals surface area contributed by atoms with Crippen LogP contribution in [-0.4, -0.2) is 44.0 Å². The minimum atomic E-state index is -0.889. The van der Waals surface area contributed by atoms with Crippen LogP contribution < -0.4 is 5.32 Å². The molecule has 0 radical (unpaired) electrons. The summed E-state index contributed by atoms with van der Waals surface area (Å²) in [5.41, 5.74) is -0.624. The molecular formula is C11H21NO5. The molecule has 0 saturated carbocycles. The molecule has 6 nitrogen and oxygen atoms in total. The van der Waals surface area contributed by atoms with E-state index >= 15 is 0 Å². The minimum Gasteiger partial charge on any atom is -0.467 e. The van der Waals surface area contributed by atoms with E-state index in [9.17, 15) is 9.59 Å². The number of carbonyl (C=O) groups is 2. The summed E-state index contributed by atoms with van der Waals surface area (Å²) < 4.78 is 14.6. The quantitative estimate of drug-likeness (QED) is 0.753. The first-order chi connectivity index (χ1) is 7.71. The maximum atomic E-state index is 11.5. The molecule has 6 heteroatoms. The van der Waals surface area contributed by atoms with E-state index in [1.54, 1.807) is 27.7 Å². The van der Waals surface area contributed by atoms with Crippen LogP contribution in [0.15, 0.2) is 0 Å². The number of rotatable bonds is 4. The lowest BCUT2D eigenvalue weighted by atomic mass is 10.2. The van der Waals surface area contributed by atoms with E-state index in [1.807, 2.05) is 0 Å². The van der Waals surface area contributed by atoms with Crippen molar-refractivity contribution in [1.29, 1.82) is 0 Å². The van der Waals surface area contributed by atoms with Gasteiger partial charge in [-0.1, -0.05) is 0 Å². The van der Waals surface area contributed by atoms with Crippen molar-refractivity contribution < 1.29 is 23.8 Å². The van der Waals surface area contributed by atoms with E-state index < -0.39 is 29.8 Å². The summed E-state index contributed by atoms with van der Waals surface area (Å²) in [6.07, 6.45) is -1.19. The fourth-order valence-corrected chi connectivity index (χ4v) is 1.07. The first-order valence-corrected chi connectivity index (χ1v) is 5.31. The van der Waals surface area contributed by atoms with Gasteiger partial charge in [-0.3, -0.25) is 0 Å². The Balaban J connectivity index is 4.54. The number of carbonyl (C=O) groups excluding carboxylic acids is 2. The molecule has 2 unspecified atom stereocenters. The molecule has 0 aliphatic heterocycles. The van der Waals surface area contributed by atoms with Crippen molar-refractivity contribution >= 4 is 12.1 Å². The van der Waals surface area contributed by atoms with E-state index in [0.29, 0.717) is 0 Å². The van der Waals surface area contributed by atoms with Crippen molar-refractivity contribution in [2.45, 2.75) is 45.4 Å². The summed E-state index contributed by atoms with van der Waals surface area (Å²) in [5.74, 6) is -0.579. The molecule has 1 amide bonds. The van der Waals surface area contributed by atoms with Crippen molar-refractivity contribution in [3.63, 3.8) is 0 Å². The molecular weight excluding hydrogens is 226 g/mol. The lowest BCUT2D eigenvalue weighted by Crippen LogP contribution is -2.50. The standard InChI is InChI=1S/C11H21NO5/c1-7(15-5)8(9(13)16-6)12-10(14)17-11(2,3)4/h7-8H,1-6H3,(H,12,14). The molecule has 0 aliphatic rings. The molecule has 0 aromatic carbocycles. The number of esters is 1.